The minimum Gasteiger partial charge on any atom is -0.389 e. The molecule has 3 aromatic heterocycles. The zero-order valence-corrected chi connectivity index (χ0v) is 30.0. The second-order valence-corrected chi connectivity index (χ2v) is 17.2. The fourth-order valence-corrected chi connectivity index (χ4v) is 9.33. The summed E-state index contributed by atoms with van der Waals surface area (Å²) in [5.41, 5.74) is 1.45. The maximum atomic E-state index is 13.2. The highest BCUT2D eigenvalue weighted by Gasteiger charge is 2.49. The average molecular weight is 675 g/mol. The number of hydrogen-bond acceptors (Lipinski definition) is 8. The molecule has 1 N–H and O–H groups in total. The predicted octanol–water partition coefficient (Wildman–Crippen LogP) is 6.30. The molecular weight excluding hydrogens is 616 g/mol. The van der Waals surface area contributed by atoms with Gasteiger partial charge >= 0.3 is 0 Å². The average Bonchev–Trinajstić information content (AvgIpc) is 3.73. The Morgan fingerprint density at radius 2 is 1.68 bits per heavy atom. The minimum atomic E-state index is -3.62. The second kappa shape index (κ2) is 16.1. The molecule has 3 aromatic rings. The molecule has 0 amide bonds. The molecule has 47 heavy (non-hydrogen) atoms. The fourth-order valence-electron chi connectivity index (χ4n) is 7.52. The largest absolute Gasteiger partial charge is 0.389 e. The van der Waals surface area contributed by atoms with Crippen molar-refractivity contribution in [2.24, 2.45) is 11.3 Å². The SMILES string of the molecule is CCC1CC(O)(CS(=O)(=O)N2CCOCC2)CC1c1nnc2cnc3c(ccn3COCCCCCCCCCCCC(C)(C)C)n12. The molecule has 5 rings (SSSR count). The highest BCUT2D eigenvalue weighted by atomic mass is 32.2. The van der Waals surface area contributed by atoms with Gasteiger partial charge in [0.05, 0.1) is 36.3 Å². The Kier molecular flexibility index (Phi) is 12.4. The lowest BCUT2D eigenvalue weighted by atomic mass is 9.89. The van der Waals surface area contributed by atoms with Crippen LogP contribution in [0.4, 0.5) is 0 Å². The van der Waals surface area contributed by atoms with Gasteiger partial charge in [0.25, 0.3) is 0 Å². The van der Waals surface area contributed by atoms with Gasteiger partial charge in [-0.2, -0.15) is 4.31 Å². The van der Waals surface area contributed by atoms with Crippen molar-refractivity contribution < 1.29 is 23.0 Å². The Hall–Kier alpha value is -2.12. The van der Waals surface area contributed by atoms with E-state index < -0.39 is 15.6 Å². The molecule has 0 radical (unpaired) electrons. The third-order valence-corrected chi connectivity index (χ3v) is 12.2. The third-order valence-electron chi connectivity index (χ3n) is 10.1. The number of fused-ring (bicyclic) bond motifs is 3. The number of morpholine rings is 1. The Morgan fingerprint density at radius 3 is 2.36 bits per heavy atom. The lowest BCUT2D eigenvalue weighted by molar-refractivity contribution is 0.0570. The van der Waals surface area contributed by atoms with E-state index in [9.17, 15) is 13.5 Å². The first kappa shape index (κ1) is 36.2. The lowest BCUT2D eigenvalue weighted by Crippen LogP contribution is -2.47. The van der Waals surface area contributed by atoms with E-state index in [4.69, 9.17) is 9.47 Å². The van der Waals surface area contributed by atoms with Crippen LogP contribution in [0.3, 0.4) is 0 Å². The Bertz CT molecular complexity index is 1530. The Labute approximate surface area is 281 Å². The zero-order valence-electron chi connectivity index (χ0n) is 29.2. The number of ether oxygens (including phenoxy) is 2. The summed E-state index contributed by atoms with van der Waals surface area (Å²) in [5, 5.41) is 20.6. The van der Waals surface area contributed by atoms with E-state index in [0.29, 0.717) is 56.9 Å². The summed E-state index contributed by atoms with van der Waals surface area (Å²) in [6, 6.07) is 2.01. The molecule has 11 nitrogen and oxygen atoms in total. The second-order valence-electron chi connectivity index (χ2n) is 15.2. The monoisotopic (exact) mass is 674 g/mol. The van der Waals surface area contributed by atoms with Gasteiger partial charge in [-0.25, -0.2) is 13.4 Å². The maximum absolute atomic E-state index is 13.2. The minimum absolute atomic E-state index is 0.0827. The molecule has 12 heteroatoms. The molecule has 2 aliphatic rings. The van der Waals surface area contributed by atoms with Crippen molar-refractivity contribution in [3.63, 3.8) is 0 Å². The van der Waals surface area contributed by atoms with Crippen LogP contribution in [-0.2, 0) is 26.2 Å². The Morgan fingerprint density at radius 1 is 1.00 bits per heavy atom. The predicted molar refractivity (Wildman–Crippen MR) is 185 cm³/mol. The molecule has 2 fully saturated rings. The topological polar surface area (TPSA) is 124 Å². The van der Waals surface area contributed by atoms with Gasteiger partial charge in [-0.3, -0.25) is 4.40 Å². The van der Waals surface area contributed by atoms with Gasteiger partial charge in [0.15, 0.2) is 11.3 Å². The van der Waals surface area contributed by atoms with Crippen LogP contribution in [0, 0.1) is 11.3 Å². The summed E-state index contributed by atoms with van der Waals surface area (Å²) >= 11 is 0. The van der Waals surface area contributed by atoms with Gasteiger partial charge in [0.1, 0.15) is 12.6 Å². The van der Waals surface area contributed by atoms with Crippen molar-refractivity contribution in [1.82, 2.24) is 28.5 Å². The molecule has 1 aliphatic heterocycles. The van der Waals surface area contributed by atoms with Crippen LogP contribution < -0.4 is 0 Å². The fraction of sp³-hybridized carbons (Fsp3) is 0.800. The summed E-state index contributed by atoms with van der Waals surface area (Å²) in [6.45, 7) is 11.7. The number of aromatic nitrogens is 5. The molecule has 3 unspecified atom stereocenters. The molecule has 0 bridgehead atoms. The normalized spacial score (nSPS) is 23.0. The van der Waals surface area contributed by atoms with Crippen molar-refractivity contribution in [2.45, 2.75) is 129 Å². The summed E-state index contributed by atoms with van der Waals surface area (Å²) in [4.78, 5) is 4.68. The molecule has 4 heterocycles. The molecule has 1 aliphatic carbocycles. The van der Waals surface area contributed by atoms with Crippen molar-refractivity contribution in [2.75, 3.05) is 38.7 Å². The van der Waals surface area contributed by atoms with Gasteiger partial charge in [-0.15, -0.1) is 10.2 Å². The first-order valence-corrected chi connectivity index (χ1v) is 19.7. The molecule has 1 saturated heterocycles. The van der Waals surface area contributed by atoms with Crippen molar-refractivity contribution in [3.8, 4) is 0 Å². The number of rotatable bonds is 18. The third kappa shape index (κ3) is 9.53. The first-order chi connectivity index (χ1) is 22.5. The summed E-state index contributed by atoms with van der Waals surface area (Å²) in [7, 11) is -3.62. The van der Waals surface area contributed by atoms with E-state index in [2.05, 4.69) is 42.9 Å². The summed E-state index contributed by atoms with van der Waals surface area (Å²) in [5.74, 6) is 0.423. The van der Waals surface area contributed by atoms with Crippen LogP contribution in [0.15, 0.2) is 18.5 Å². The highest BCUT2D eigenvalue weighted by molar-refractivity contribution is 7.89. The van der Waals surface area contributed by atoms with Crippen molar-refractivity contribution in [1.29, 1.82) is 0 Å². The standard InChI is InChI=1S/C35H58N6O5S/c1-5-28-23-35(42,26-47(43,44)40-18-21-45-22-19-40)24-29(28)32-38-37-31-25-36-33-30(41(31)32)15-17-39(33)27-46-20-14-12-10-8-6-7-9-11-13-16-34(2,3)4/h15,17,25,28-29,42H,5-14,16,18-24,26-27H2,1-4H3. The van der Waals surface area contributed by atoms with Gasteiger partial charge in [0.2, 0.25) is 10.0 Å². The van der Waals surface area contributed by atoms with Gasteiger partial charge in [-0.1, -0.05) is 85.5 Å². The van der Waals surface area contributed by atoms with Gasteiger partial charge in [0, 0.05) is 31.8 Å². The molecule has 1 saturated carbocycles. The van der Waals surface area contributed by atoms with Crippen LogP contribution in [0.25, 0.3) is 16.8 Å². The molecule has 0 spiro atoms. The first-order valence-electron chi connectivity index (χ1n) is 18.0. The Balaban J connectivity index is 1.12. The lowest BCUT2D eigenvalue weighted by Gasteiger charge is -2.30. The molecule has 3 atom stereocenters. The van der Waals surface area contributed by atoms with E-state index in [0.717, 1.165) is 36.4 Å². The van der Waals surface area contributed by atoms with E-state index in [1.165, 1.54) is 62.1 Å². The maximum Gasteiger partial charge on any atom is 0.217 e. The van der Waals surface area contributed by atoms with Crippen LogP contribution in [-0.4, -0.2) is 86.2 Å². The van der Waals surface area contributed by atoms with Crippen LogP contribution >= 0.6 is 0 Å². The highest BCUT2D eigenvalue weighted by Crippen LogP contribution is 2.47. The van der Waals surface area contributed by atoms with Crippen LogP contribution in [0.2, 0.25) is 0 Å². The molecule has 0 aromatic carbocycles. The van der Waals surface area contributed by atoms with Crippen LogP contribution in [0.1, 0.15) is 123 Å². The van der Waals surface area contributed by atoms with E-state index >= 15 is 0 Å². The number of sulfonamides is 1. The molecular formula is C35H58N6O5S. The summed E-state index contributed by atoms with van der Waals surface area (Å²) < 4.78 is 43.3. The van der Waals surface area contributed by atoms with E-state index in [1.54, 1.807) is 6.20 Å². The number of aliphatic hydroxyl groups is 1. The smallest absolute Gasteiger partial charge is 0.217 e. The quantitative estimate of drug-likeness (QED) is 0.156. The van der Waals surface area contributed by atoms with Crippen molar-refractivity contribution in [3.05, 3.63) is 24.3 Å². The van der Waals surface area contributed by atoms with Gasteiger partial charge < -0.3 is 19.1 Å². The van der Waals surface area contributed by atoms with Gasteiger partial charge in [-0.05, 0) is 43.1 Å². The van der Waals surface area contributed by atoms with E-state index in [1.807, 2.05) is 21.2 Å². The van der Waals surface area contributed by atoms with E-state index in [-0.39, 0.29) is 17.6 Å². The number of hydrogen-bond donors (Lipinski definition) is 1. The zero-order chi connectivity index (χ0) is 33.5. The number of nitrogens with zero attached hydrogens (tertiary/aromatic N) is 6. The number of unbranched alkanes of at least 4 members (excludes halogenated alkanes) is 8. The molecule has 264 valence electrons. The van der Waals surface area contributed by atoms with Crippen molar-refractivity contribution >= 4 is 26.8 Å². The van der Waals surface area contributed by atoms with Crippen LogP contribution in [0.5, 0.6) is 0 Å². The summed E-state index contributed by atoms with van der Waals surface area (Å²) in [6.07, 6.45) is 18.2.